The Hall–Kier alpha value is -0.0800. The van der Waals surface area contributed by atoms with E-state index in [1.54, 1.807) is 0 Å². The second kappa shape index (κ2) is 49.3. The molecule has 0 aromatic rings. The summed E-state index contributed by atoms with van der Waals surface area (Å²) in [5, 5.41) is 0. The van der Waals surface area contributed by atoms with Crippen molar-refractivity contribution in [1.29, 1.82) is 0 Å². The van der Waals surface area contributed by atoms with Crippen molar-refractivity contribution in [3.8, 4) is 0 Å². The molecule has 0 spiro atoms. The Kier molecular flexibility index (Phi) is 51.5. The second-order valence-electron chi connectivity index (χ2n) is 15.0. The first-order valence-electron chi connectivity index (χ1n) is 22.2. The van der Waals surface area contributed by atoms with Crippen molar-refractivity contribution in [2.45, 2.75) is 271 Å². The molecule has 0 aliphatic heterocycles. The van der Waals surface area contributed by atoms with Gasteiger partial charge in [0.2, 0.25) is 0 Å². The van der Waals surface area contributed by atoms with E-state index in [1.165, 1.54) is 257 Å². The van der Waals surface area contributed by atoms with Gasteiger partial charge in [0.1, 0.15) is 0 Å². The Morgan fingerprint density at radius 3 is 0.391 bits per heavy atom. The van der Waals surface area contributed by atoms with Gasteiger partial charge in [0.15, 0.2) is 0 Å². The lowest BCUT2D eigenvalue weighted by Crippen LogP contribution is -1.97. The van der Waals surface area contributed by atoms with Crippen LogP contribution in [0.4, 0.5) is 0 Å². The van der Waals surface area contributed by atoms with Crippen LogP contribution >= 0.6 is 0 Å². The Morgan fingerprint density at radius 1 is 0.174 bits per heavy atom. The minimum absolute atomic E-state index is 0.874. The standard InChI is InChI=1S/2C22H47N/c2*1-2-3-4-5-6-7-8-9-10-11-12-13-14-15-16-17-18-19-20-21-22-23/h2*2-23H2,1H3. The molecular weight excluding hydrogens is 556 g/mol. The van der Waals surface area contributed by atoms with Gasteiger partial charge >= 0.3 is 0 Å². The van der Waals surface area contributed by atoms with Crippen LogP contribution < -0.4 is 11.5 Å². The quantitative estimate of drug-likeness (QED) is 0.0648. The van der Waals surface area contributed by atoms with E-state index in [4.69, 9.17) is 11.5 Å². The molecule has 0 aliphatic rings. The minimum atomic E-state index is 0.874. The summed E-state index contributed by atoms with van der Waals surface area (Å²) in [6, 6.07) is 0. The highest BCUT2D eigenvalue weighted by Gasteiger charge is 1.97. The third-order valence-electron chi connectivity index (χ3n) is 10.1. The van der Waals surface area contributed by atoms with Crippen molar-refractivity contribution in [1.82, 2.24) is 0 Å². The first-order chi connectivity index (χ1) is 22.8. The Bertz CT molecular complexity index is 383. The van der Waals surface area contributed by atoms with Crippen LogP contribution in [0.2, 0.25) is 0 Å². The molecule has 46 heavy (non-hydrogen) atoms. The fourth-order valence-electron chi connectivity index (χ4n) is 6.80. The van der Waals surface area contributed by atoms with Gasteiger partial charge in [-0.3, -0.25) is 0 Å². The predicted molar refractivity (Wildman–Crippen MR) is 214 cm³/mol. The van der Waals surface area contributed by atoms with Crippen LogP contribution in [-0.2, 0) is 0 Å². The zero-order valence-electron chi connectivity index (χ0n) is 32.9. The maximum absolute atomic E-state index is 5.51. The maximum atomic E-state index is 5.51. The molecule has 0 radical (unpaired) electrons. The summed E-state index contributed by atoms with van der Waals surface area (Å²) in [4.78, 5) is 0. The van der Waals surface area contributed by atoms with Crippen molar-refractivity contribution < 1.29 is 0 Å². The van der Waals surface area contributed by atoms with Crippen LogP contribution in [0.1, 0.15) is 271 Å². The molecule has 0 aromatic carbocycles. The molecule has 0 saturated heterocycles. The second-order valence-corrected chi connectivity index (χ2v) is 15.0. The first-order valence-corrected chi connectivity index (χ1v) is 22.2. The predicted octanol–water partition coefficient (Wildman–Crippen LogP) is 15.5. The van der Waals surface area contributed by atoms with E-state index >= 15 is 0 Å². The van der Waals surface area contributed by atoms with E-state index in [2.05, 4.69) is 13.8 Å². The van der Waals surface area contributed by atoms with Crippen LogP contribution in [0, 0.1) is 0 Å². The number of hydrogen-bond donors (Lipinski definition) is 2. The number of rotatable bonds is 40. The molecule has 0 aliphatic carbocycles. The first kappa shape index (κ1) is 48.0. The number of hydrogen-bond acceptors (Lipinski definition) is 2. The molecule has 0 aromatic heterocycles. The normalized spacial score (nSPS) is 11.2. The van der Waals surface area contributed by atoms with E-state index in [1.807, 2.05) is 0 Å². The fourth-order valence-corrected chi connectivity index (χ4v) is 6.80. The Morgan fingerprint density at radius 2 is 0.283 bits per heavy atom. The van der Waals surface area contributed by atoms with Crippen LogP contribution in [-0.4, -0.2) is 13.1 Å². The van der Waals surface area contributed by atoms with Crippen molar-refractivity contribution in [3.63, 3.8) is 0 Å². The average Bonchev–Trinajstić information content (AvgIpc) is 3.07. The summed E-state index contributed by atoms with van der Waals surface area (Å²) in [7, 11) is 0. The van der Waals surface area contributed by atoms with Crippen LogP contribution in [0.15, 0.2) is 0 Å². The molecule has 0 atom stereocenters. The van der Waals surface area contributed by atoms with E-state index < -0.39 is 0 Å². The fraction of sp³-hybridized carbons (Fsp3) is 1.00. The van der Waals surface area contributed by atoms with Gasteiger partial charge in [0.05, 0.1) is 0 Å². The van der Waals surface area contributed by atoms with E-state index in [0.717, 1.165) is 13.1 Å². The largest absolute Gasteiger partial charge is 0.330 e. The zero-order chi connectivity index (χ0) is 33.7. The topological polar surface area (TPSA) is 52.0 Å². The van der Waals surface area contributed by atoms with Gasteiger partial charge in [-0.25, -0.2) is 0 Å². The lowest BCUT2D eigenvalue weighted by atomic mass is 10.0. The van der Waals surface area contributed by atoms with Crippen molar-refractivity contribution in [2.24, 2.45) is 11.5 Å². The number of nitrogens with two attached hydrogens (primary N) is 2. The molecule has 0 unspecified atom stereocenters. The van der Waals surface area contributed by atoms with Crippen LogP contribution in [0.5, 0.6) is 0 Å². The van der Waals surface area contributed by atoms with Gasteiger partial charge in [-0.2, -0.15) is 0 Å². The molecule has 0 saturated carbocycles. The van der Waals surface area contributed by atoms with Crippen molar-refractivity contribution in [3.05, 3.63) is 0 Å². The third-order valence-corrected chi connectivity index (χ3v) is 10.1. The minimum Gasteiger partial charge on any atom is -0.330 e. The third kappa shape index (κ3) is 50.8. The lowest BCUT2D eigenvalue weighted by molar-refractivity contribution is 0.522. The highest BCUT2D eigenvalue weighted by molar-refractivity contribution is 4.53. The van der Waals surface area contributed by atoms with Gasteiger partial charge in [-0.05, 0) is 25.9 Å². The average molecular weight is 651 g/mol. The van der Waals surface area contributed by atoms with Gasteiger partial charge in [0, 0.05) is 0 Å². The van der Waals surface area contributed by atoms with E-state index in [0.29, 0.717) is 0 Å². The summed E-state index contributed by atoms with van der Waals surface area (Å²) >= 11 is 0. The zero-order valence-corrected chi connectivity index (χ0v) is 32.9. The summed E-state index contributed by atoms with van der Waals surface area (Å²) < 4.78 is 0. The van der Waals surface area contributed by atoms with E-state index in [9.17, 15) is 0 Å². The summed E-state index contributed by atoms with van der Waals surface area (Å²) in [6.45, 7) is 6.34. The highest BCUT2D eigenvalue weighted by atomic mass is 14.5. The number of unbranched alkanes of at least 4 members (excludes halogenated alkanes) is 38. The van der Waals surface area contributed by atoms with Crippen molar-refractivity contribution >= 4 is 0 Å². The smallest absolute Gasteiger partial charge is 0.00773 e. The molecule has 0 amide bonds. The van der Waals surface area contributed by atoms with Crippen molar-refractivity contribution in [2.75, 3.05) is 13.1 Å². The SMILES string of the molecule is CCCCCCCCCCCCCCCCCCCCCCN.CCCCCCCCCCCCCCCCCCCCCCN. The molecule has 4 N–H and O–H groups in total. The van der Waals surface area contributed by atoms with Gasteiger partial charge in [-0.1, -0.05) is 258 Å². The van der Waals surface area contributed by atoms with Gasteiger partial charge in [0.25, 0.3) is 0 Å². The van der Waals surface area contributed by atoms with Gasteiger partial charge < -0.3 is 11.5 Å². The lowest BCUT2D eigenvalue weighted by Gasteiger charge is -2.04. The van der Waals surface area contributed by atoms with E-state index in [-0.39, 0.29) is 0 Å². The molecule has 0 rings (SSSR count). The summed E-state index contributed by atoms with van der Waals surface area (Å²) in [6.07, 6.45) is 57.6. The van der Waals surface area contributed by atoms with Crippen LogP contribution in [0.3, 0.4) is 0 Å². The summed E-state index contributed by atoms with van der Waals surface area (Å²) in [5.74, 6) is 0. The summed E-state index contributed by atoms with van der Waals surface area (Å²) in [5.41, 5.74) is 11.0. The Labute approximate surface area is 294 Å². The molecule has 2 nitrogen and oxygen atoms in total. The highest BCUT2D eigenvalue weighted by Crippen LogP contribution is 2.16. The molecule has 2 heteroatoms. The monoisotopic (exact) mass is 651 g/mol. The molecular formula is C44H94N2. The molecule has 280 valence electrons. The molecule has 0 bridgehead atoms. The van der Waals surface area contributed by atoms with Crippen LogP contribution in [0.25, 0.3) is 0 Å². The van der Waals surface area contributed by atoms with Gasteiger partial charge in [-0.15, -0.1) is 0 Å². The molecule has 0 heterocycles. The Balaban J connectivity index is 0. The molecule has 0 fully saturated rings. The maximum Gasteiger partial charge on any atom is -0.00773 e.